The SMILES string of the molecule is O=C(Cl)c1cc2c(n(Cc3ccc(F)c(F)c3)c1=O)CCCCCC2. The second kappa shape index (κ2) is 7.48. The van der Waals surface area contributed by atoms with E-state index in [0.29, 0.717) is 12.0 Å². The molecule has 1 aliphatic carbocycles. The molecule has 3 nitrogen and oxygen atoms in total. The highest BCUT2D eigenvalue weighted by molar-refractivity contribution is 6.67. The molecule has 1 aromatic heterocycles. The standard InChI is InChI=1S/C19H18ClF2NO2/c20-18(24)14-10-13-5-3-1-2-4-6-17(13)23(19(14)25)11-12-7-8-15(21)16(22)9-12/h7-10H,1-6,11H2. The van der Waals surface area contributed by atoms with Crippen molar-refractivity contribution in [2.75, 3.05) is 0 Å². The Kier molecular flexibility index (Phi) is 5.33. The van der Waals surface area contributed by atoms with Gasteiger partial charge in [0.1, 0.15) is 0 Å². The maximum absolute atomic E-state index is 13.5. The topological polar surface area (TPSA) is 39.1 Å². The third-order valence-corrected chi connectivity index (χ3v) is 4.84. The predicted octanol–water partition coefficient (Wildman–Crippen LogP) is 4.21. The number of rotatable bonds is 3. The summed E-state index contributed by atoms with van der Waals surface area (Å²) in [6.07, 6.45) is 5.58. The first kappa shape index (κ1) is 17.8. The Hall–Kier alpha value is -2.01. The number of pyridine rings is 1. The number of aromatic nitrogens is 1. The average molecular weight is 366 g/mol. The number of aryl methyl sites for hydroxylation is 1. The van der Waals surface area contributed by atoms with Crippen LogP contribution in [0.4, 0.5) is 8.78 Å². The van der Waals surface area contributed by atoms with E-state index >= 15 is 0 Å². The molecule has 25 heavy (non-hydrogen) atoms. The lowest BCUT2D eigenvalue weighted by Crippen LogP contribution is -2.30. The van der Waals surface area contributed by atoms with Crippen LogP contribution in [-0.2, 0) is 19.4 Å². The molecule has 0 unspecified atom stereocenters. The fourth-order valence-corrected chi connectivity index (χ4v) is 3.50. The van der Waals surface area contributed by atoms with Crippen molar-refractivity contribution >= 4 is 16.8 Å². The summed E-state index contributed by atoms with van der Waals surface area (Å²) in [5.74, 6) is -1.89. The van der Waals surface area contributed by atoms with E-state index in [1.54, 1.807) is 6.07 Å². The van der Waals surface area contributed by atoms with Gasteiger partial charge in [0.05, 0.1) is 12.1 Å². The number of carbonyl (C=O) groups excluding carboxylic acids is 1. The van der Waals surface area contributed by atoms with Crippen LogP contribution in [0.2, 0.25) is 0 Å². The lowest BCUT2D eigenvalue weighted by molar-refractivity contribution is 0.107. The van der Waals surface area contributed by atoms with Gasteiger partial charge in [-0.05, 0) is 66.6 Å². The number of hydrogen-bond donors (Lipinski definition) is 0. The van der Waals surface area contributed by atoms with Gasteiger partial charge in [-0.2, -0.15) is 0 Å². The molecule has 0 aliphatic heterocycles. The van der Waals surface area contributed by atoms with E-state index in [2.05, 4.69) is 0 Å². The normalized spacial score (nSPS) is 14.5. The molecule has 0 fully saturated rings. The highest BCUT2D eigenvalue weighted by atomic mass is 35.5. The zero-order valence-corrected chi connectivity index (χ0v) is 14.4. The summed E-state index contributed by atoms with van der Waals surface area (Å²) in [5, 5.41) is -0.797. The first-order chi connectivity index (χ1) is 12.0. The van der Waals surface area contributed by atoms with Gasteiger partial charge >= 0.3 is 0 Å². The van der Waals surface area contributed by atoms with Crippen LogP contribution in [0.3, 0.4) is 0 Å². The summed E-state index contributed by atoms with van der Waals surface area (Å²) in [4.78, 5) is 24.4. The largest absolute Gasteiger partial charge is 0.307 e. The second-order valence-corrected chi connectivity index (χ2v) is 6.70. The van der Waals surface area contributed by atoms with Crippen molar-refractivity contribution in [3.63, 3.8) is 0 Å². The van der Waals surface area contributed by atoms with Crippen LogP contribution >= 0.6 is 11.6 Å². The van der Waals surface area contributed by atoms with Crippen molar-refractivity contribution < 1.29 is 13.6 Å². The highest BCUT2D eigenvalue weighted by Crippen LogP contribution is 2.22. The average Bonchev–Trinajstić information content (AvgIpc) is 2.54. The molecule has 2 aromatic rings. The molecule has 1 aliphatic rings. The van der Waals surface area contributed by atoms with Gasteiger partial charge in [0.25, 0.3) is 10.8 Å². The molecule has 0 amide bonds. The quantitative estimate of drug-likeness (QED) is 0.764. The summed E-state index contributed by atoms with van der Waals surface area (Å²) < 4.78 is 28.2. The molecular formula is C19H18ClF2NO2. The molecule has 0 saturated carbocycles. The van der Waals surface area contributed by atoms with Gasteiger partial charge in [-0.3, -0.25) is 9.59 Å². The Morgan fingerprint density at radius 1 is 1.04 bits per heavy atom. The van der Waals surface area contributed by atoms with Gasteiger partial charge in [0.2, 0.25) is 0 Å². The Balaban J connectivity index is 2.13. The highest BCUT2D eigenvalue weighted by Gasteiger charge is 2.19. The lowest BCUT2D eigenvalue weighted by Gasteiger charge is -2.20. The molecular weight excluding hydrogens is 348 g/mol. The Morgan fingerprint density at radius 3 is 2.44 bits per heavy atom. The number of halogens is 3. The van der Waals surface area contributed by atoms with E-state index in [0.717, 1.165) is 55.5 Å². The maximum Gasteiger partial charge on any atom is 0.263 e. The molecule has 0 atom stereocenters. The summed E-state index contributed by atoms with van der Waals surface area (Å²) >= 11 is 5.58. The van der Waals surface area contributed by atoms with Crippen LogP contribution < -0.4 is 5.56 Å². The van der Waals surface area contributed by atoms with Crippen molar-refractivity contribution in [1.29, 1.82) is 0 Å². The van der Waals surface area contributed by atoms with Crippen LogP contribution in [0.1, 0.15) is 52.9 Å². The fraction of sp³-hybridized carbons (Fsp3) is 0.368. The van der Waals surface area contributed by atoms with Gasteiger partial charge in [0, 0.05) is 5.69 Å². The van der Waals surface area contributed by atoms with Crippen LogP contribution in [0.5, 0.6) is 0 Å². The van der Waals surface area contributed by atoms with Gasteiger partial charge in [-0.1, -0.05) is 18.9 Å². The van der Waals surface area contributed by atoms with Gasteiger partial charge in [0.15, 0.2) is 11.6 Å². The Labute approximate surface area is 149 Å². The first-order valence-corrected chi connectivity index (χ1v) is 8.74. The summed E-state index contributed by atoms with van der Waals surface area (Å²) in [6.45, 7) is 0.0797. The molecule has 6 heteroatoms. The molecule has 1 heterocycles. The molecule has 1 aromatic carbocycles. The third kappa shape index (κ3) is 3.82. The van der Waals surface area contributed by atoms with Gasteiger partial charge in [-0.25, -0.2) is 8.78 Å². The van der Waals surface area contributed by atoms with Crippen molar-refractivity contribution in [3.05, 3.63) is 68.6 Å². The third-order valence-electron chi connectivity index (χ3n) is 4.64. The lowest BCUT2D eigenvalue weighted by atomic mass is 9.95. The molecule has 0 radical (unpaired) electrons. The minimum absolute atomic E-state index is 0.0661. The van der Waals surface area contributed by atoms with E-state index in [1.165, 1.54) is 10.6 Å². The Morgan fingerprint density at radius 2 is 1.76 bits per heavy atom. The maximum atomic E-state index is 13.5. The fourth-order valence-electron chi connectivity index (χ4n) is 3.36. The van der Waals surface area contributed by atoms with Crippen LogP contribution in [0, 0.1) is 11.6 Å². The first-order valence-electron chi connectivity index (χ1n) is 8.36. The summed E-state index contributed by atoms with van der Waals surface area (Å²) in [5.41, 5.74) is 1.71. The molecule has 0 spiro atoms. The van der Waals surface area contributed by atoms with Crippen molar-refractivity contribution in [3.8, 4) is 0 Å². The number of nitrogens with zero attached hydrogens (tertiary/aromatic N) is 1. The number of benzene rings is 1. The minimum atomic E-state index is -0.960. The minimum Gasteiger partial charge on any atom is -0.307 e. The summed E-state index contributed by atoms with van der Waals surface area (Å²) in [7, 11) is 0. The van der Waals surface area contributed by atoms with Gasteiger partial charge in [-0.15, -0.1) is 0 Å². The van der Waals surface area contributed by atoms with E-state index in [4.69, 9.17) is 11.6 Å². The number of fused-ring (bicyclic) bond motifs is 1. The van der Waals surface area contributed by atoms with Crippen molar-refractivity contribution in [1.82, 2.24) is 4.57 Å². The van der Waals surface area contributed by atoms with Gasteiger partial charge < -0.3 is 4.57 Å². The van der Waals surface area contributed by atoms with E-state index in [9.17, 15) is 18.4 Å². The van der Waals surface area contributed by atoms with Crippen LogP contribution in [0.15, 0.2) is 29.1 Å². The molecule has 132 valence electrons. The van der Waals surface area contributed by atoms with E-state index in [1.807, 2.05) is 0 Å². The monoisotopic (exact) mass is 365 g/mol. The molecule has 0 N–H and O–H groups in total. The predicted molar refractivity (Wildman–Crippen MR) is 92.2 cm³/mol. The molecule has 0 bridgehead atoms. The van der Waals surface area contributed by atoms with E-state index < -0.39 is 22.4 Å². The van der Waals surface area contributed by atoms with Crippen LogP contribution in [0.25, 0.3) is 0 Å². The van der Waals surface area contributed by atoms with Crippen molar-refractivity contribution in [2.24, 2.45) is 0 Å². The zero-order chi connectivity index (χ0) is 18.0. The van der Waals surface area contributed by atoms with E-state index in [-0.39, 0.29) is 12.1 Å². The smallest absolute Gasteiger partial charge is 0.263 e. The second-order valence-electron chi connectivity index (χ2n) is 6.36. The number of hydrogen-bond acceptors (Lipinski definition) is 2. The molecule has 3 rings (SSSR count). The van der Waals surface area contributed by atoms with Crippen molar-refractivity contribution in [2.45, 2.75) is 45.1 Å². The summed E-state index contributed by atoms with van der Waals surface area (Å²) in [6, 6.07) is 5.15. The zero-order valence-electron chi connectivity index (χ0n) is 13.7. The Bertz CT molecular complexity index is 876. The van der Waals surface area contributed by atoms with Crippen LogP contribution in [-0.4, -0.2) is 9.81 Å². The molecule has 0 saturated heterocycles. The number of carbonyl (C=O) groups is 1.